The van der Waals surface area contributed by atoms with Crippen molar-refractivity contribution in [1.82, 2.24) is 0 Å². The lowest BCUT2D eigenvalue weighted by Gasteiger charge is -2.18. The predicted molar refractivity (Wildman–Crippen MR) is 91.3 cm³/mol. The van der Waals surface area contributed by atoms with Gasteiger partial charge in [0.25, 0.3) is 0 Å². The first-order valence-corrected chi connectivity index (χ1v) is 8.17. The van der Waals surface area contributed by atoms with E-state index in [1.54, 1.807) is 7.11 Å². The molecule has 1 unspecified atom stereocenters. The summed E-state index contributed by atoms with van der Waals surface area (Å²) in [5.41, 5.74) is 2.12. The number of hydrogen-bond acceptors (Lipinski definition) is 2. The SMILES string of the molecule is COc1cc(N2CCC(Cc3ccccc3)C2=O)ccc1Br. The Morgan fingerprint density at radius 2 is 2.00 bits per heavy atom. The van der Waals surface area contributed by atoms with Crippen LogP contribution in [0.15, 0.2) is 53.0 Å². The molecule has 1 heterocycles. The molecule has 0 aliphatic carbocycles. The highest BCUT2D eigenvalue weighted by atomic mass is 79.9. The molecular weight excluding hydrogens is 342 g/mol. The molecule has 0 radical (unpaired) electrons. The van der Waals surface area contributed by atoms with E-state index < -0.39 is 0 Å². The summed E-state index contributed by atoms with van der Waals surface area (Å²) in [4.78, 5) is 14.5. The largest absolute Gasteiger partial charge is 0.495 e. The van der Waals surface area contributed by atoms with Gasteiger partial charge in [0.1, 0.15) is 5.75 Å². The molecule has 1 fully saturated rings. The van der Waals surface area contributed by atoms with Gasteiger partial charge in [0.05, 0.1) is 11.6 Å². The maximum atomic E-state index is 12.7. The highest BCUT2D eigenvalue weighted by Crippen LogP contribution is 2.33. The van der Waals surface area contributed by atoms with Crippen molar-refractivity contribution in [3.63, 3.8) is 0 Å². The number of amides is 1. The normalized spacial score (nSPS) is 17.8. The standard InChI is InChI=1S/C18H18BrNO2/c1-22-17-12-15(7-8-16(17)19)20-10-9-14(18(20)21)11-13-5-3-2-4-6-13/h2-8,12,14H,9-11H2,1H3. The number of methoxy groups -OCH3 is 1. The topological polar surface area (TPSA) is 29.5 Å². The van der Waals surface area contributed by atoms with Crippen molar-refractivity contribution in [2.45, 2.75) is 12.8 Å². The Morgan fingerprint density at radius 1 is 1.23 bits per heavy atom. The van der Waals surface area contributed by atoms with Crippen molar-refractivity contribution in [3.8, 4) is 5.75 Å². The van der Waals surface area contributed by atoms with Gasteiger partial charge < -0.3 is 9.64 Å². The molecule has 22 heavy (non-hydrogen) atoms. The number of carbonyl (C=O) groups excluding carboxylic acids is 1. The van der Waals surface area contributed by atoms with E-state index in [9.17, 15) is 4.79 Å². The fourth-order valence-electron chi connectivity index (χ4n) is 2.90. The molecule has 1 saturated heterocycles. The van der Waals surface area contributed by atoms with Gasteiger partial charge in [-0.2, -0.15) is 0 Å². The molecule has 1 atom stereocenters. The van der Waals surface area contributed by atoms with Gasteiger partial charge in [-0.15, -0.1) is 0 Å². The Labute approximate surface area is 139 Å². The van der Waals surface area contributed by atoms with Crippen molar-refractivity contribution in [2.75, 3.05) is 18.6 Å². The van der Waals surface area contributed by atoms with Crippen molar-refractivity contribution < 1.29 is 9.53 Å². The summed E-state index contributed by atoms with van der Waals surface area (Å²) < 4.78 is 6.21. The van der Waals surface area contributed by atoms with Crippen LogP contribution in [0.25, 0.3) is 0 Å². The number of carbonyl (C=O) groups is 1. The van der Waals surface area contributed by atoms with Gasteiger partial charge in [-0.1, -0.05) is 30.3 Å². The molecular formula is C18H18BrNO2. The fourth-order valence-corrected chi connectivity index (χ4v) is 3.31. The fraction of sp³-hybridized carbons (Fsp3) is 0.278. The summed E-state index contributed by atoms with van der Waals surface area (Å²) >= 11 is 3.44. The molecule has 3 rings (SSSR count). The molecule has 4 heteroatoms. The second-order valence-electron chi connectivity index (χ2n) is 5.48. The number of rotatable bonds is 4. The van der Waals surface area contributed by atoms with Crippen molar-refractivity contribution in [1.29, 1.82) is 0 Å². The van der Waals surface area contributed by atoms with Gasteiger partial charge in [0, 0.05) is 24.2 Å². The average molecular weight is 360 g/mol. The van der Waals surface area contributed by atoms with Crippen LogP contribution in [0.3, 0.4) is 0 Å². The van der Waals surface area contributed by atoms with Crippen molar-refractivity contribution >= 4 is 27.5 Å². The summed E-state index contributed by atoms with van der Waals surface area (Å²) in [5.74, 6) is 1.02. The first-order valence-electron chi connectivity index (χ1n) is 7.38. The molecule has 1 aliphatic heterocycles. The molecule has 0 spiro atoms. The first-order chi connectivity index (χ1) is 10.7. The van der Waals surface area contributed by atoms with Crippen LogP contribution in [0.5, 0.6) is 5.75 Å². The third kappa shape index (κ3) is 3.02. The van der Waals surface area contributed by atoms with Crippen LogP contribution in [0.2, 0.25) is 0 Å². The second-order valence-corrected chi connectivity index (χ2v) is 6.34. The minimum Gasteiger partial charge on any atom is -0.495 e. The number of benzene rings is 2. The maximum absolute atomic E-state index is 12.7. The number of hydrogen-bond donors (Lipinski definition) is 0. The number of anilines is 1. The van der Waals surface area contributed by atoms with Crippen LogP contribution in [0.4, 0.5) is 5.69 Å². The lowest BCUT2D eigenvalue weighted by molar-refractivity contribution is -0.120. The van der Waals surface area contributed by atoms with Gasteiger partial charge in [-0.25, -0.2) is 0 Å². The molecule has 2 aromatic rings. The number of ether oxygens (including phenoxy) is 1. The van der Waals surface area contributed by atoms with E-state index in [0.29, 0.717) is 0 Å². The van der Waals surface area contributed by atoms with Crippen LogP contribution < -0.4 is 9.64 Å². The second kappa shape index (κ2) is 6.53. The Kier molecular flexibility index (Phi) is 4.48. The van der Waals surface area contributed by atoms with E-state index in [2.05, 4.69) is 28.1 Å². The van der Waals surface area contributed by atoms with E-state index >= 15 is 0 Å². The highest BCUT2D eigenvalue weighted by Gasteiger charge is 2.32. The molecule has 2 aromatic carbocycles. The van der Waals surface area contributed by atoms with E-state index in [1.165, 1.54) is 5.56 Å². The number of halogens is 1. The summed E-state index contributed by atoms with van der Waals surface area (Å²) in [6, 6.07) is 16.0. The summed E-state index contributed by atoms with van der Waals surface area (Å²) in [5, 5.41) is 0. The Balaban J connectivity index is 1.76. The van der Waals surface area contributed by atoms with Crippen molar-refractivity contribution in [3.05, 3.63) is 58.6 Å². The Morgan fingerprint density at radius 3 is 2.73 bits per heavy atom. The first kappa shape index (κ1) is 15.1. The van der Waals surface area contributed by atoms with Crippen LogP contribution in [0, 0.1) is 5.92 Å². The molecule has 0 N–H and O–H groups in total. The highest BCUT2D eigenvalue weighted by molar-refractivity contribution is 9.10. The summed E-state index contributed by atoms with van der Waals surface area (Å²) in [7, 11) is 1.63. The quantitative estimate of drug-likeness (QED) is 0.823. The lowest BCUT2D eigenvalue weighted by atomic mass is 9.98. The summed E-state index contributed by atoms with van der Waals surface area (Å²) in [6.07, 6.45) is 1.70. The van der Waals surface area contributed by atoms with Crippen LogP contribution in [-0.4, -0.2) is 19.6 Å². The molecule has 0 aromatic heterocycles. The number of nitrogens with zero attached hydrogens (tertiary/aromatic N) is 1. The third-order valence-corrected chi connectivity index (χ3v) is 4.74. The molecule has 114 valence electrons. The minimum atomic E-state index is 0.0667. The van der Waals surface area contributed by atoms with Gasteiger partial charge in [-0.05, 0) is 46.5 Å². The molecule has 1 aliphatic rings. The Hall–Kier alpha value is -1.81. The molecule has 0 bridgehead atoms. The van der Waals surface area contributed by atoms with Gasteiger partial charge >= 0.3 is 0 Å². The van der Waals surface area contributed by atoms with E-state index in [0.717, 1.165) is 35.3 Å². The molecule has 0 saturated carbocycles. The minimum absolute atomic E-state index is 0.0667. The van der Waals surface area contributed by atoms with E-state index in [1.807, 2.05) is 41.3 Å². The van der Waals surface area contributed by atoms with Crippen LogP contribution in [0.1, 0.15) is 12.0 Å². The third-order valence-electron chi connectivity index (χ3n) is 4.09. The van der Waals surface area contributed by atoms with Gasteiger partial charge in [-0.3, -0.25) is 4.79 Å². The maximum Gasteiger partial charge on any atom is 0.230 e. The smallest absolute Gasteiger partial charge is 0.230 e. The average Bonchev–Trinajstić information content (AvgIpc) is 2.90. The zero-order valence-corrected chi connectivity index (χ0v) is 14.0. The summed E-state index contributed by atoms with van der Waals surface area (Å²) in [6.45, 7) is 0.765. The Bertz CT molecular complexity index is 672. The molecule has 3 nitrogen and oxygen atoms in total. The zero-order valence-electron chi connectivity index (χ0n) is 12.5. The van der Waals surface area contributed by atoms with Gasteiger partial charge in [0.15, 0.2) is 0 Å². The van der Waals surface area contributed by atoms with Crippen LogP contribution in [-0.2, 0) is 11.2 Å². The van der Waals surface area contributed by atoms with E-state index in [-0.39, 0.29) is 11.8 Å². The zero-order chi connectivity index (χ0) is 15.5. The van der Waals surface area contributed by atoms with Crippen molar-refractivity contribution in [2.24, 2.45) is 5.92 Å². The van der Waals surface area contributed by atoms with Gasteiger partial charge in [0.2, 0.25) is 5.91 Å². The predicted octanol–water partition coefficient (Wildman–Crippen LogP) is 4.05. The lowest BCUT2D eigenvalue weighted by Crippen LogP contribution is -2.27. The van der Waals surface area contributed by atoms with Crippen LogP contribution >= 0.6 is 15.9 Å². The molecule has 1 amide bonds. The monoisotopic (exact) mass is 359 g/mol. The van der Waals surface area contributed by atoms with E-state index in [4.69, 9.17) is 4.74 Å².